The van der Waals surface area contributed by atoms with Crippen molar-refractivity contribution in [2.24, 2.45) is 5.92 Å². The van der Waals surface area contributed by atoms with Crippen molar-refractivity contribution in [1.82, 2.24) is 15.5 Å². The number of hydrogen-bond donors (Lipinski definition) is 2. The van der Waals surface area contributed by atoms with Crippen molar-refractivity contribution in [1.29, 1.82) is 0 Å². The van der Waals surface area contributed by atoms with Gasteiger partial charge in [-0.2, -0.15) is 0 Å². The number of ether oxygens (including phenoxy) is 3. The maximum absolute atomic E-state index is 14.0. The number of nitrogens with one attached hydrogen (secondary N) is 2. The number of fused-ring (bicyclic) bond motifs is 2. The fourth-order valence-corrected chi connectivity index (χ4v) is 6.88. The molecule has 262 valence electrons. The quantitative estimate of drug-likeness (QED) is 0.253. The Labute approximate surface area is 282 Å². The van der Waals surface area contributed by atoms with Crippen LogP contribution in [0.5, 0.6) is 0 Å². The molecule has 2 aliphatic heterocycles. The van der Waals surface area contributed by atoms with Crippen LogP contribution in [-0.4, -0.2) is 87.6 Å². The molecule has 3 amide bonds. The highest BCUT2D eigenvalue weighted by Gasteiger charge is 2.48. The van der Waals surface area contributed by atoms with E-state index >= 15 is 0 Å². The lowest BCUT2D eigenvalue weighted by molar-refractivity contribution is -0.169. The highest BCUT2D eigenvalue weighted by atomic mass is 32.2. The topological polar surface area (TPSA) is 161 Å². The molecule has 2 aromatic carbocycles. The summed E-state index contributed by atoms with van der Waals surface area (Å²) < 4.78 is 42.7. The lowest BCUT2D eigenvalue weighted by Crippen LogP contribution is -2.61. The highest BCUT2D eigenvalue weighted by Crippen LogP contribution is 2.47. The molecule has 0 aromatic heterocycles. The van der Waals surface area contributed by atoms with Crippen LogP contribution in [0.2, 0.25) is 0 Å². The molecular formula is C34H46N4O9S. The van der Waals surface area contributed by atoms with Crippen molar-refractivity contribution in [3.63, 3.8) is 0 Å². The standard InChI is InChI=1S/C34H46N4O9S/c1-23(2)30(40)46-24(3)47-32(42)36-33(4,5)31(41)35-27(21-45-20-25-12-8-7-9-13-25)29(39)37-18-16-34(17-19-37)22-38(48(6,43)44)28-15-11-10-14-26(28)34/h7-15,23-24,27H,16-22H2,1-6H3,(H,35,41)(H,36,42)/t24?,27-/m1/s1. The van der Waals surface area contributed by atoms with Crippen LogP contribution in [-0.2, 0) is 50.6 Å². The van der Waals surface area contributed by atoms with Gasteiger partial charge in [0.05, 0.1) is 31.1 Å². The van der Waals surface area contributed by atoms with E-state index in [1.165, 1.54) is 31.3 Å². The maximum atomic E-state index is 14.0. The summed E-state index contributed by atoms with van der Waals surface area (Å²) in [5, 5.41) is 5.22. The predicted octanol–water partition coefficient (Wildman–Crippen LogP) is 3.08. The second-order valence-electron chi connectivity index (χ2n) is 13.2. The molecule has 2 N–H and O–H groups in total. The monoisotopic (exact) mass is 686 g/mol. The summed E-state index contributed by atoms with van der Waals surface area (Å²) in [6.07, 6.45) is 0.0990. The molecule has 4 rings (SSSR count). The van der Waals surface area contributed by atoms with Crippen molar-refractivity contribution in [3.05, 3.63) is 65.7 Å². The number of anilines is 1. The summed E-state index contributed by atoms with van der Waals surface area (Å²) >= 11 is 0. The summed E-state index contributed by atoms with van der Waals surface area (Å²) in [6, 6.07) is 15.8. The first-order chi connectivity index (χ1) is 22.5. The van der Waals surface area contributed by atoms with E-state index in [0.717, 1.165) is 11.1 Å². The third-order valence-corrected chi connectivity index (χ3v) is 9.76. The van der Waals surface area contributed by atoms with E-state index in [9.17, 15) is 27.6 Å². The number of carbonyl (C=O) groups excluding carboxylic acids is 4. The third-order valence-electron chi connectivity index (χ3n) is 8.63. The largest absolute Gasteiger partial charge is 0.425 e. The van der Waals surface area contributed by atoms with Gasteiger partial charge in [-0.1, -0.05) is 62.4 Å². The Balaban J connectivity index is 1.44. The third kappa shape index (κ3) is 8.84. The van der Waals surface area contributed by atoms with Crippen molar-refractivity contribution in [3.8, 4) is 0 Å². The fraction of sp³-hybridized carbons (Fsp3) is 0.529. The number of sulfonamides is 1. The van der Waals surface area contributed by atoms with Gasteiger partial charge in [-0.05, 0) is 43.9 Å². The van der Waals surface area contributed by atoms with E-state index in [-0.39, 0.29) is 19.1 Å². The second kappa shape index (κ2) is 14.9. The zero-order valence-electron chi connectivity index (χ0n) is 28.4. The van der Waals surface area contributed by atoms with Crippen LogP contribution in [0, 0.1) is 5.92 Å². The van der Waals surface area contributed by atoms with Crippen LogP contribution in [0.1, 0.15) is 58.6 Å². The van der Waals surface area contributed by atoms with Crippen molar-refractivity contribution in [2.75, 3.05) is 36.8 Å². The lowest BCUT2D eigenvalue weighted by Gasteiger charge is -2.41. The Bertz CT molecular complexity index is 1590. The first-order valence-electron chi connectivity index (χ1n) is 16.0. The number of esters is 1. The molecule has 0 aliphatic carbocycles. The molecule has 1 unspecified atom stereocenters. The normalized spacial score (nSPS) is 17.0. The van der Waals surface area contributed by atoms with Crippen molar-refractivity contribution >= 4 is 39.6 Å². The van der Waals surface area contributed by atoms with Gasteiger partial charge in [0, 0.05) is 32.0 Å². The summed E-state index contributed by atoms with van der Waals surface area (Å²) in [5.41, 5.74) is 0.547. The molecule has 1 saturated heterocycles. The minimum absolute atomic E-state index is 0.130. The predicted molar refractivity (Wildman–Crippen MR) is 178 cm³/mol. The van der Waals surface area contributed by atoms with Crippen molar-refractivity contribution in [2.45, 2.75) is 77.4 Å². The zero-order valence-corrected chi connectivity index (χ0v) is 29.2. The Hall–Kier alpha value is -4.17. The van der Waals surface area contributed by atoms with E-state index in [0.29, 0.717) is 38.2 Å². The van der Waals surface area contributed by atoms with Crippen LogP contribution < -0.4 is 14.9 Å². The average Bonchev–Trinajstić information content (AvgIpc) is 3.35. The number of benzene rings is 2. The molecule has 1 fully saturated rings. The molecule has 2 aromatic rings. The minimum atomic E-state index is -3.49. The summed E-state index contributed by atoms with van der Waals surface area (Å²) in [4.78, 5) is 53.5. The smallest absolute Gasteiger partial charge is 0.411 e. The number of carbonyl (C=O) groups is 4. The number of para-hydroxylation sites is 1. The molecule has 0 radical (unpaired) electrons. The molecule has 13 nitrogen and oxygen atoms in total. The molecule has 2 heterocycles. The van der Waals surface area contributed by atoms with Crippen molar-refractivity contribution < 1.29 is 41.8 Å². The van der Waals surface area contributed by atoms with E-state index in [1.807, 2.05) is 54.6 Å². The number of likely N-dealkylation sites (tertiary alicyclic amines) is 1. The first-order valence-corrected chi connectivity index (χ1v) is 17.9. The SMILES string of the molecule is CC(OC(=O)NC(C)(C)C(=O)N[C@H](COCc1ccccc1)C(=O)N1CCC2(CC1)CN(S(C)(=O)=O)c1ccccc12)OC(=O)C(C)C. The molecule has 48 heavy (non-hydrogen) atoms. The van der Waals surface area contributed by atoms with Gasteiger partial charge in [0.15, 0.2) is 0 Å². The van der Waals surface area contributed by atoms with E-state index in [2.05, 4.69) is 10.6 Å². The fourth-order valence-electron chi connectivity index (χ4n) is 5.88. The van der Waals surface area contributed by atoms with Crippen LogP contribution in [0.15, 0.2) is 54.6 Å². The number of nitrogens with zero attached hydrogens (tertiary/aromatic N) is 2. The van der Waals surface area contributed by atoms with Gasteiger partial charge in [0.1, 0.15) is 11.6 Å². The van der Waals surface area contributed by atoms with Gasteiger partial charge in [0.2, 0.25) is 28.1 Å². The van der Waals surface area contributed by atoms with Gasteiger partial charge in [-0.15, -0.1) is 0 Å². The number of amides is 3. The Morgan fingerprint density at radius 1 is 0.938 bits per heavy atom. The van der Waals surface area contributed by atoms with Crippen LogP contribution in [0.4, 0.5) is 10.5 Å². The number of piperidine rings is 1. The summed E-state index contributed by atoms with van der Waals surface area (Å²) in [5.74, 6) is -1.97. The molecular weight excluding hydrogens is 640 g/mol. The van der Waals surface area contributed by atoms with Gasteiger partial charge in [-0.25, -0.2) is 13.2 Å². The first kappa shape index (κ1) is 36.7. The number of rotatable bonds is 12. The lowest BCUT2D eigenvalue weighted by atomic mass is 9.74. The Morgan fingerprint density at radius 2 is 1.56 bits per heavy atom. The Morgan fingerprint density at radius 3 is 2.19 bits per heavy atom. The molecule has 2 atom stereocenters. The molecule has 0 saturated carbocycles. The second-order valence-corrected chi connectivity index (χ2v) is 15.1. The molecule has 14 heteroatoms. The maximum Gasteiger partial charge on any atom is 0.411 e. The van der Waals surface area contributed by atoms with Gasteiger partial charge < -0.3 is 29.7 Å². The summed E-state index contributed by atoms with van der Waals surface area (Å²) in [6.45, 7) is 8.66. The van der Waals surface area contributed by atoms with E-state index in [4.69, 9.17) is 14.2 Å². The zero-order chi connectivity index (χ0) is 35.3. The molecule has 1 spiro atoms. The van der Waals surface area contributed by atoms with Gasteiger partial charge in [-0.3, -0.25) is 18.7 Å². The highest BCUT2D eigenvalue weighted by molar-refractivity contribution is 7.92. The average molecular weight is 687 g/mol. The van der Waals surface area contributed by atoms with E-state index < -0.39 is 57.2 Å². The van der Waals surface area contributed by atoms with Crippen LogP contribution in [0.3, 0.4) is 0 Å². The number of hydrogen-bond acceptors (Lipinski definition) is 9. The van der Waals surface area contributed by atoms with Crippen LogP contribution in [0.25, 0.3) is 0 Å². The van der Waals surface area contributed by atoms with Gasteiger partial charge >= 0.3 is 12.1 Å². The Kier molecular flexibility index (Phi) is 11.4. The van der Waals surface area contributed by atoms with Gasteiger partial charge in [0.25, 0.3) is 0 Å². The minimum Gasteiger partial charge on any atom is -0.425 e. The van der Waals surface area contributed by atoms with E-state index in [1.54, 1.807) is 18.7 Å². The number of alkyl carbamates (subject to hydrolysis) is 1. The van der Waals surface area contributed by atoms with Crippen LogP contribution >= 0.6 is 0 Å². The molecule has 2 aliphatic rings. The molecule has 0 bridgehead atoms. The summed E-state index contributed by atoms with van der Waals surface area (Å²) in [7, 11) is -3.49.